The van der Waals surface area contributed by atoms with Gasteiger partial charge in [0.2, 0.25) is 15.9 Å². The highest BCUT2D eigenvalue weighted by atomic mass is 32.2. The van der Waals surface area contributed by atoms with E-state index in [2.05, 4.69) is 10.3 Å². The molecule has 0 bridgehead atoms. The summed E-state index contributed by atoms with van der Waals surface area (Å²) < 4.78 is 67.1. The molecule has 2 heterocycles. The van der Waals surface area contributed by atoms with E-state index in [4.69, 9.17) is 0 Å². The molecule has 1 amide bonds. The van der Waals surface area contributed by atoms with E-state index in [9.17, 15) is 36.3 Å². The molecule has 3 aromatic rings. The number of hydrogen-bond donors (Lipinski definition) is 2. The predicted octanol–water partition coefficient (Wildman–Crippen LogP) is 4.18. The van der Waals surface area contributed by atoms with Gasteiger partial charge in [0.25, 0.3) is 0 Å². The number of carbonyl (C=O) groups excluding carboxylic acids is 1. The highest BCUT2D eigenvalue weighted by Crippen LogP contribution is 2.30. The van der Waals surface area contributed by atoms with Crippen LogP contribution in [0.1, 0.15) is 46.9 Å². The topological polar surface area (TPSA) is 120 Å². The van der Waals surface area contributed by atoms with Crippen LogP contribution >= 0.6 is 11.3 Å². The van der Waals surface area contributed by atoms with Gasteiger partial charge in [-0.3, -0.25) is 4.79 Å². The molecule has 2 N–H and O–H groups in total. The molecule has 1 fully saturated rings. The number of rotatable bonds is 8. The van der Waals surface area contributed by atoms with Gasteiger partial charge in [-0.25, -0.2) is 18.2 Å². The molecule has 1 atom stereocenters. The molecule has 1 aromatic heterocycles. The van der Waals surface area contributed by atoms with Gasteiger partial charge in [0.1, 0.15) is 6.04 Å². The Labute approximate surface area is 233 Å². The van der Waals surface area contributed by atoms with Gasteiger partial charge in [0, 0.05) is 31.6 Å². The third-order valence-corrected chi connectivity index (χ3v) is 9.34. The standard InChI is InChI=1S/C26H27F3N4O5S2/c1-16(2)18-5-9-20(10-6-18)40(37,38)33-12-11-32(25-31-21(15-39-25)24(35)36)14-22(33)23(34)30-13-17-3-7-19(8-4-17)26(27,28)29/h3-10,15-16,22H,11-14H2,1-2H3,(H,30,34)(H,35,36). The van der Waals surface area contributed by atoms with Crippen molar-refractivity contribution in [3.63, 3.8) is 0 Å². The molecule has 2 aromatic carbocycles. The van der Waals surface area contributed by atoms with Crippen molar-refractivity contribution in [2.45, 2.75) is 43.4 Å². The Morgan fingerprint density at radius 1 is 1.10 bits per heavy atom. The number of halogens is 3. The zero-order valence-electron chi connectivity index (χ0n) is 21.6. The number of nitrogens with zero attached hydrogens (tertiary/aromatic N) is 3. The number of benzene rings is 2. The van der Waals surface area contributed by atoms with Crippen molar-refractivity contribution in [3.05, 3.63) is 76.3 Å². The van der Waals surface area contributed by atoms with Crippen LogP contribution in [0.25, 0.3) is 0 Å². The number of aromatic nitrogens is 1. The van der Waals surface area contributed by atoms with E-state index in [1.165, 1.54) is 29.6 Å². The lowest BCUT2D eigenvalue weighted by molar-refractivity contribution is -0.137. The molecule has 40 heavy (non-hydrogen) atoms. The number of nitrogens with one attached hydrogen (secondary N) is 1. The lowest BCUT2D eigenvalue weighted by Gasteiger charge is -2.39. The Morgan fingerprint density at radius 3 is 2.30 bits per heavy atom. The third-order valence-electron chi connectivity index (χ3n) is 6.52. The van der Waals surface area contributed by atoms with Crippen molar-refractivity contribution in [1.82, 2.24) is 14.6 Å². The summed E-state index contributed by atoms with van der Waals surface area (Å²) in [5.74, 6) is -1.67. The molecular weight excluding hydrogens is 569 g/mol. The van der Waals surface area contributed by atoms with Crippen LogP contribution < -0.4 is 10.2 Å². The fourth-order valence-corrected chi connectivity index (χ4v) is 6.63. The number of aromatic carboxylic acids is 1. The summed E-state index contributed by atoms with van der Waals surface area (Å²) in [4.78, 5) is 30.4. The first-order chi connectivity index (χ1) is 18.8. The normalized spacial score (nSPS) is 16.8. The van der Waals surface area contributed by atoms with Gasteiger partial charge < -0.3 is 15.3 Å². The molecule has 0 aliphatic carbocycles. The zero-order chi connectivity index (χ0) is 29.2. The second kappa shape index (κ2) is 11.6. The first kappa shape index (κ1) is 29.5. The second-order valence-electron chi connectivity index (χ2n) is 9.53. The number of alkyl halides is 3. The van der Waals surface area contributed by atoms with Crippen LogP contribution in [0, 0.1) is 0 Å². The van der Waals surface area contributed by atoms with Gasteiger partial charge in [-0.1, -0.05) is 38.1 Å². The number of hydrogen-bond acceptors (Lipinski definition) is 7. The third kappa shape index (κ3) is 6.45. The molecular formula is C26H27F3N4O5S2. The molecule has 1 aliphatic rings. The van der Waals surface area contributed by atoms with Crippen molar-refractivity contribution in [2.75, 3.05) is 24.5 Å². The molecule has 0 spiro atoms. The minimum Gasteiger partial charge on any atom is -0.476 e. The molecule has 4 rings (SSSR count). The molecule has 1 saturated heterocycles. The Bertz CT molecular complexity index is 1470. The van der Waals surface area contributed by atoms with E-state index in [1.807, 2.05) is 13.8 Å². The van der Waals surface area contributed by atoms with E-state index in [0.29, 0.717) is 10.7 Å². The van der Waals surface area contributed by atoms with Crippen molar-refractivity contribution < 1.29 is 36.3 Å². The highest BCUT2D eigenvalue weighted by molar-refractivity contribution is 7.89. The summed E-state index contributed by atoms with van der Waals surface area (Å²) in [7, 11) is -4.11. The first-order valence-electron chi connectivity index (χ1n) is 12.3. The quantitative estimate of drug-likeness (QED) is 0.400. The SMILES string of the molecule is CC(C)c1ccc(S(=O)(=O)N2CCN(c3nc(C(=O)O)cs3)CC2C(=O)NCc2ccc(C(F)(F)F)cc2)cc1. The number of sulfonamides is 1. The van der Waals surface area contributed by atoms with Gasteiger partial charge in [-0.2, -0.15) is 17.5 Å². The molecule has 0 saturated carbocycles. The summed E-state index contributed by atoms with van der Waals surface area (Å²) in [6.07, 6.45) is -4.49. The number of carboxylic acid groups (broad SMARTS) is 1. The predicted molar refractivity (Wildman–Crippen MR) is 143 cm³/mol. The van der Waals surface area contributed by atoms with Gasteiger partial charge in [-0.15, -0.1) is 11.3 Å². The Kier molecular flexibility index (Phi) is 8.52. The van der Waals surface area contributed by atoms with E-state index in [-0.39, 0.29) is 42.7 Å². The monoisotopic (exact) mass is 596 g/mol. The van der Waals surface area contributed by atoms with Crippen LogP contribution in [0.3, 0.4) is 0 Å². The molecule has 14 heteroatoms. The van der Waals surface area contributed by atoms with E-state index in [1.54, 1.807) is 17.0 Å². The summed E-state index contributed by atoms with van der Waals surface area (Å²) in [5, 5.41) is 13.5. The van der Waals surface area contributed by atoms with Gasteiger partial charge in [-0.05, 0) is 41.3 Å². The summed E-state index contributed by atoms with van der Waals surface area (Å²) >= 11 is 1.06. The van der Waals surface area contributed by atoms with Crippen LogP contribution in [-0.4, -0.2) is 60.4 Å². The number of anilines is 1. The smallest absolute Gasteiger partial charge is 0.416 e. The highest BCUT2D eigenvalue weighted by Gasteiger charge is 2.41. The largest absolute Gasteiger partial charge is 0.476 e. The molecule has 0 radical (unpaired) electrons. The average molecular weight is 597 g/mol. The average Bonchev–Trinajstić information content (AvgIpc) is 3.42. The number of thiazole rings is 1. The Hall–Kier alpha value is -3.49. The van der Waals surface area contributed by atoms with Crippen LogP contribution in [0.2, 0.25) is 0 Å². The Balaban J connectivity index is 1.58. The van der Waals surface area contributed by atoms with Crippen LogP contribution in [0.5, 0.6) is 0 Å². The molecule has 9 nitrogen and oxygen atoms in total. The second-order valence-corrected chi connectivity index (χ2v) is 12.3. The maximum atomic E-state index is 13.7. The lowest BCUT2D eigenvalue weighted by atomic mass is 10.0. The van der Waals surface area contributed by atoms with Crippen LogP contribution in [0.15, 0.2) is 58.8 Å². The van der Waals surface area contributed by atoms with Crippen molar-refractivity contribution in [3.8, 4) is 0 Å². The maximum Gasteiger partial charge on any atom is 0.416 e. The number of carbonyl (C=O) groups is 2. The Morgan fingerprint density at radius 2 is 1.75 bits per heavy atom. The zero-order valence-corrected chi connectivity index (χ0v) is 23.2. The van der Waals surface area contributed by atoms with Crippen molar-refractivity contribution >= 4 is 38.4 Å². The summed E-state index contributed by atoms with van der Waals surface area (Å²) in [6, 6.07) is 9.51. The molecule has 1 unspecified atom stereocenters. The first-order valence-corrected chi connectivity index (χ1v) is 14.6. The number of piperazine rings is 1. The minimum atomic E-state index is -4.49. The van der Waals surface area contributed by atoms with E-state index >= 15 is 0 Å². The van der Waals surface area contributed by atoms with Gasteiger partial charge in [0.15, 0.2) is 10.8 Å². The number of amides is 1. The fraction of sp³-hybridized carbons (Fsp3) is 0.346. The van der Waals surface area contributed by atoms with E-state index < -0.39 is 39.7 Å². The van der Waals surface area contributed by atoms with Crippen LogP contribution in [0.4, 0.5) is 18.3 Å². The summed E-state index contributed by atoms with van der Waals surface area (Å²) in [5.41, 5.74) is 0.366. The molecule has 1 aliphatic heterocycles. The van der Waals surface area contributed by atoms with Crippen molar-refractivity contribution in [1.29, 1.82) is 0 Å². The van der Waals surface area contributed by atoms with Crippen molar-refractivity contribution in [2.24, 2.45) is 0 Å². The van der Waals surface area contributed by atoms with Gasteiger partial charge in [0.05, 0.1) is 10.5 Å². The maximum absolute atomic E-state index is 13.7. The minimum absolute atomic E-state index is 0.0216. The van der Waals surface area contributed by atoms with Gasteiger partial charge >= 0.3 is 12.1 Å². The lowest BCUT2D eigenvalue weighted by Crippen LogP contribution is -2.60. The number of carboxylic acids is 1. The summed E-state index contributed by atoms with van der Waals surface area (Å²) in [6.45, 7) is 3.83. The van der Waals surface area contributed by atoms with Crippen LogP contribution in [-0.2, 0) is 27.5 Å². The molecule has 214 valence electrons. The van der Waals surface area contributed by atoms with E-state index in [0.717, 1.165) is 33.3 Å². The fourth-order valence-electron chi connectivity index (χ4n) is 4.23.